The standard InChI is InChI=1S/C8H8ClFN2/c1-5-2-6(10)3-8(9)7(5)4-12-11/h2-3,11H,4H2,1H3. The lowest BCUT2D eigenvalue weighted by atomic mass is 10.1. The largest absolute Gasteiger partial charge is 0.210 e. The Morgan fingerprint density at radius 3 is 2.75 bits per heavy atom. The SMILES string of the molecule is Cc1cc(F)cc(Cl)c1CN=N. The molecule has 0 unspecified atom stereocenters. The Morgan fingerprint density at radius 1 is 1.58 bits per heavy atom. The molecule has 1 rings (SSSR count). The highest BCUT2D eigenvalue weighted by molar-refractivity contribution is 6.31. The molecule has 0 aliphatic heterocycles. The van der Waals surface area contributed by atoms with Gasteiger partial charge in [-0.15, -0.1) is 0 Å². The Balaban J connectivity index is 3.18. The van der Waals surface area contributed by atoms with Gasteiger partial charge in [-0.3, -0.25) is 0 Å². The van der Waals surface area contributed by atoms with E-state index in [4.69, 9.17) is 17.1 Å². The number of aryl methyl sites for hydroxylation is 1. The van der Waals surface area contributed by atoms with Crippen LogP contribution in [-0.2, 0) is 6.54 Å². The minimum absolute atomic E-state index is 0.213. The molecule has 64 valence electrons. The molecule has 0 amide bonds. The first-order chi connectivity index (χ1) is 5.65. The van der Waals surface area contributed by atoms with Crippen LogP contribution in [0.3, 0.4) is 0 Å². The van der Waals surface area contributed by atoms with Crippen LogP contribution in [-0.4, -0.2) is 0 Å². The van der Waals surface area contributed by atoms with Crippen LogP contribution < -0.4 is 0 Å². The minimum Gasteiger partial charge on any atom is -0.210 e. The van der Waals surface area contributed by atoms with E-state index in [0.717, 1.165) is 5.56 Å². The van der Waals surface area contributed by atoms with Crippen molar-refractivity contribution in [2.24, 2.45) is 5.11 Å². The second-order valence-corrected chi connectivity index (χ2v) is 2.91. The highest BCUT2D eigenvalue weighted by atomic mass is 35.5. The predicted octanol–water partition coefficient (Wildman–Crippen LogP) is 3.32. The average molecular weight is 187 g/mol. The van der Waals surface area contributed by atoms with Crippen LogP contribution in [0.25, 0.3) is 0 Å². The van der Waals surface area contributed by atoms with Crippen molar-refractivity contribution in [2.75, 3.05) is 0 Å². The summed E-state index contributed by atoms with van der Waals surface area (Å²) in [6.07, 6.45) is 0. The van der Waals surface area contributed by atoms with Crippen LogP contribution >= 0.6 is 11.6 Å². The van der Waals surface area contributed by atoms with Crippen LogP contribution in [0, 0.1) is 18.3 Å². The molecule has 0 aromatic heterocycles. The second kappa shape index (κ2) is 3.63. The van der Waals surface area contributed by atoms with E-state index in [0.29, 0.717) is 10.6 Å². The van der Waals surface area contributed by atoms with Crippen molar-refractivity contribution in [3.05, 3.63) is 34.1 Å². The molecule has 0 aliphatic carbocycles. The number of hydrogen-bond donors (Lipinski definition) is 1. The zero-order valence-corrected chi connectivity index (χ0v) is 7.32. The third kappa shape index (κ3) is 1.80. The first-order valence-electron chi connectivity index (χ1n) is 3.43. The maximum atomic E-state index is 12.7. The summed E-state index contributed by atoms with van der Waals surface area (Å²) in [4.78, 5) is 0. The Kier molecular flexibility index (Phi) is 2.76. The van der Waals surface area contributed by atoms with E-state index in [1.54, 1.807) is 6.92 Å². The lowest BCUT2D eigenvalue weighted by Gasteiger charge is -2.04. The molecule has 0 radical (unpaired) electrons. The van der Waals surface area contributed by atoms with Crippen LogP contribution in [0.1, 0.15) is 11.1 Å². The van der Waals surface area contributed by atoms with Crippen molar-refractivity contribution >= 4 is 11.6 Å². The van der Waals surface area contributed by atoms with E-state index >= 15 is 0 Å². The number of rotatable bonds is 2. The number of hydrogen-bond acceptors (Lipinski definition) is 2. The molecule has 4 heteroatoms. The number of nitrogens with one attached hydrogen (secondary N) is 1. The van der Waals surface area contributed by atoms with Crippen LogP contribution in [0.2, 0.25) is 5.02 Å². The quantitative estimate of drug-likeness (QED) is 0.688. The molecule has 1 aromatic carbocycles. The van der Waals surface area contributed by atoms with Crippen LogP contribution in [0.4, 0.5) is 4.39 Å². The summed E-state index contributed by atoms with van der Waals surface area (Å²) < 4.78 is 12.7. The molecule has 0 atom stereocenters. The fourth-order valence-corrected chi connectivity index (χ4v) is 1.32. The molecular weight excluding hydrogens is 179 g/mol. The third-order valence-electron chi connectivity index (χ3n) is 1.62. The highest BCUT2D eigenvalue weighted by Crippen LogP contribution is 2.22. The predicted molar refractivity (Wildman–Crippen MR) is 45.0 cm³/mol. The molecule has 2 nitrogen and oxygen atoms in total. The summed E-state index contributed by atoms with van der Waals surface area (Å²) >= 11 is 5.73. The number of benzene rings is 1. The van der Waals surface area contributed by atoms with Gasteiger partial charge in [0.2, 0.25) is 0 Å². The lowest BCUT2D eigenvalue weighted by Crippen LogP contribution is -1.90. The van der Waals surface area contributed by atoms with Gasteiger partial charge in [-0.2, -0.15) is 5.11 Å². The Hall–Kier alpha value is -0.960. The molecule has 1 aromatic rings. The van der Waals surface area contributed by atoms with E-state index in [1.807, 2.05) is 0 Å². The van der Waals surface area contributed by atoms with Gasteiger partial charge in [0, 0.05) is 5.02 Å². The molecule has 0 bridgehead atoms. The van der Waals surface area contributed by atoms with Crippen LogP contribution in [0.5, 0.6) is 0 Å². The fourth-order valence-electron chi connectivity index (χ4n) is 1.01. The maximum Gasteiger partial charge on any atom is 0.124 e. The molecular formula is C8H8ClFN2. The van der Waals surface area contributed by atoms with E-state index in [2.05, 4.69) is 5.11 Å². The summed E-state index contributed by atoms with van der Waals surface area (Å²) in [5, 5.41) is 3.54. The molecule has 0 saturated heterocycles. The molecule has 0 heterocycles. The van der Waals surface area contributed by atoms with Gasteiger partial charge in [0.25, 0.3) is 0 Å². The molecule has 0 saturated carbocycles. The zero-order chi connectivity index (χ0) is 9.14. The summed E-state index contributed by atoms with van der Waals surface area (Å²) in [7, 11) is 0. The summed E-state index contributed by atoms with van der Waals surface area (Å²) in [5.74, 6) is -0.355. The van der Waals surface area contributed by atoms with E-state index in [1.165, 1.54) is 12.1 Å². The number of nitrogens with zero attached hydrogens (tertiary/aromatic N) is 1. The lowest BCUT2D eigenvalue weighted by molar-refractivity contribution is 0.625. The Bertz CT molecular complexity index is 289. The van der Waals surface area contributed by atoms with Crippen molar-refractivity contribution in [1.82, 2.24) is 0 Å². The molecule has 0 fully saturated rings. The van der Waals surface area contributed by atoms with Gasteiger partial charge in [0.05, 0.1) is 6.54 Å². The van der Waals surface area contributed by atoms with Gasteiger partial charge in [-0.25, -0.2) is 9.92 Å². The normalized spacial score (nSPS) is 9.92. The van der Waals surface area contributed by atoms with Gasteiger partial charge in [0.15, 0.2) is 0 Å². The molecule has 0 spiro atoms. The topological polar surface area (TPSA) is 36.2 Å². The fraction of sp³-hybridized carbons (Fsp3) is 0.250. The summed E-state index contributed by atoms with van der Waals surface area (Å²) in [6.45, 7) is 1.96. The summed E-state index contributed by atoms with van der Waals surface area (Å²) in [6, 6.07) is 2.61. The smallest absolute Gasteiger partial charge is 0.124 e. The number of halogens is 2. The van der Waals surface area contributed by atoms with Gasteiger partial charge in [0.1, 0.15) is 5.82 Å². The van der Waals surface area contributed by atoms with Crippen molar-refractivity contribution in [2.45, 2.75) is 13.5 Å². The third-order valence-corrected chi connectivity index (χ3v) is 1.96. The average Bonchev–Trinajstić information content (AvgIpc) is 1.96. The van der Waals surface area contributed by atoms with Crippen molar-refractivity contribution in [3.8, 4) is 0 Å². The van der Waals surface area contributed by atoms with Crippen molar-refractivity contribution < 1.29 is 4.39 Å². The Morgan fingerprint density at radius 2 is 2.25 bits per heavy atom. The highest BCUT2D eigenvalue weighted by Gasteiger charge is 2.05. The van der Waals surface area contributed by atoms with Gasteiger partial charge >= 0.3 is 0 Å². The van der Waals surface area contributed by atoms with E-state index in [-0.39, 0.29) is 12.4 Å². The van der Waals surface area contributed by atoms with Gasteiger partial charge in [-0.1, -0.05) is 11.6 Å². The second-order valence-electron chi connectivity index (χ2n) is 2.50. The Labute approximate surface area is 74.9 Å². The molecule has 0 aliphatic rings. The monoisotopic (exact) mass is 186 g/mol. The molecule has 12 heavy (non-hydrogen) atoms. The van der Waals surface area contributed by atoms with E-state index < -0.39 is 0 Å². The zero-order valence-electron chi connectivity index (χ0n) is 6.56. The first-order valence-corrected chi connectivity index (χ1v) is 3.80. The molecule has 1 N–H and O–H groups in total. The van der Waals surface area contributed by atoms with Gasteiger partial charge in [-0.05, 0) is 30.2 Å². The summed E-state index contributed by atoms with van der Waals surface area (Å²) in [5.41, 5.74) is 8.11. The minimum atomic E-state index is -0.355. The maximum absolute atomic E-state index is 12.7. The first kappa shape index (κ1) is 9.13. The van der Waals surface area contributed by atoms with Gasteiger partial charge < -0.3 is 0 Å². The van der Waals surface area contributed by atoms with Crippen molar-refractivity contribution in [3.63, 3.8) is 0 Å². The van der Waals surface area contributed by atoms with Crippen LogP contribution in [0.15, 0.2) is 17.2 Å². The van der Waals surface area contributed by atoms with Crippen molar-refractivity contribution in [1.29, 1.82) is 5.53 Å². The van der Waals surface area contributed by atoms with E-state index in [9.17, 15) is 4.39 Å².